The minimum Gasteiger partial charge on any atom is -0.508 e. The van der Waals surface area contributed by atoms with Crippen molar-refractivity contribution in [1.82, 2.24) is 0 Å². The smallest absolute Gasteiger partial charge is 0.115 e. The number of phenols is 1. The normalized spacial score (nSPS) is 15.3. The maximum Gasteiger partial charge on any atom is 0.115 e. The van der Waals surface area contributed by atoms with Crippen LogP contribution in [0.15, 0.2) is 46.1 Å². The van der Waals surface area contributed by atoms with Gasteiger partial charge < -0.3 is 10.2 Å². The molecule has 0 atom stereocenters. The Balaban J connectivity index is 2.11. The van der Waals surface area contributed by atoms with Crippen molar-refractivity contribution in [1.29, 1.82) is 0 Å². The predicted octanol–water partition coefficient (Wildman–Crippen LogP) is 2.86. The molecule has 0 spiro atoms. The van der Waals surface area contributed by atoms with Crippen LogP contribution in [0.25, 0.3) is 0 Å². The molecule has 1 aliphatic rings. The summed E-state index contributed by atoms with van der Waals surface area (Å²) in [4.78, 5) is 0. The van der Waals surface area contributed by atoms with E-state index >= 15 is 0 Å². The van der Waals surface area contributed by atoms with Gasteiger partial charge in [0.15, 0.2) is 0 Å². The van der Waals surface area contributed by atoms with Crippen LogP contribution in [0.5, 0.6) is 5.75 Å². The van der Waals surface area contributed by atoms with E-state index in [0.717, 1.165) is 6.42 Å². The number of aliphatic hydroxyl groups excluding tert-OH is 1. The number of aliphatic hydroxyl groups is 1. The molecule has 3 heteroatoms. The first kappa shape index (κ1) is 10.6. The quantitative estimate of drug-likeness (QED) is 0.824. The van der Waals surface area contributed by atoms with E-state index in [4.69, 9.17) is 5.11 Å². The summed E-state index contributed by atoms with van der Waals surface area (Å²) in [6.45, 7) is 0. The molecule has 0 amide bonds. The molecule has 0 radical (unpaired) electrons. The highest BCUT2D eigenvalue weighted by Gasteiger charge is 2.00. The molecule has 1 aromatic carbocycles. The Labute approximate surface area is 98.3 Å². The molecular weight excluding hydrogens is 303 g/mol. The van der Waals surface area contributed by atoms with Gasteiger partial charge in [-0.2, -0.15) is 0 Å². The second-order valence-corrected chi connectivity index (χ2v) is 5.64. The first-order chi connectivity index (χ1) is 7.24. The van der Waals surface area contributed by atoms with Crippen molar-refractivity contribution >= 4 is 24.4 Å². The third kappa shape index (κ3) is 3.00. The zero-order valence-corrected chi connectivity index (χ0v) is 10.2. The van der Waals surface area contributed by atoms with Crippen molar-refractivity contribution in [2.24, 2.45) is 0 Å². The second kappa shape index (κ2) is 4.72. The van der Waals surface area contributed by atoms with E-state index in [1.807, 2.05) is 18.2 Å². The molecule has 1 heterocycles. The summed E-state index contributed by atoms with van der Waals surface area (Å²) in [7, 11) is 0. The molecule has 1 aromatic rings. The van der Waals surface area contributed by atoms with E-state index in [-0.39, 0.29) is 20.7 Å². The molecule has 0 aromatic heterocycles. The Bertz CT molecular complexity index is 441. The maximum absolute atomic E-state index is 9.23. The minimum absolute atomic E-state index is 0.297. The summed E-state index contributed by atoms with van der Waals surface area (Å²) in [6, 6.07) is 7.23. The van der Waals surface area contributed by atoms with Gasteiger partial charge in [0, 0.05) is 0 Å². The number of halogens is 1. The minimum atomic E-state index is -0.319. The summed E-state index contributed by atoms with van der Waals surface area (Å²) in [5.41, 5.74) is 2.42. The molecule has 15 heavy (non-hydrogen) atoms. The molecule has 0 bridgehead atoms. The van der Waals surface area contributed by atoms with E-state index in [0.29, 0.717) is 9.44 Å². The van der Waals surface area contributed by atoms with Crippen LogP contribution in [-0.2, 0) is 6.42 Å². The summed E-state index contributed by atoms with van der Waals surface area (Å²) in [5, 5.41) is 18.4. The Morgan fingerprint density at radius 3 is 2.33 bits per heavy atom. The van der Waals surface area contributed by atoms with Crippen molar-refractivity contribution in [3.8, 4) is 5.75 Å². The van der Waals surface area contributed by atoms with Gasteiger partial charge in [-0.1, -0.05) is 38.9 Å². The Hall–Kier alpha value is -0.940. The summed E-state index contributed by atoms with van der Waals surface area (Å²) in [6.07, 6.45) is 4.60. The standard InChI is InChI=1S/C12H11IO2/c14-11-4-1-9(2-5-11)7-10-3-6-12(15)13-8-10/h1-6,8,14-15H,7H2. The molecular formula is C12H11IO2. The van der Waals surface area contributed by atoms with Gasteiger partial charge in [0.1, 0.15) is 9.44 Å². The third-order valence-electron chi connectivity index (χ3n) is 2.09. The van der Waals surface area contributed by atoms with E-state index in [2.05, 4.69) is 4.08 Å². The Morgan fingerprint density at radius 2 is 1.73 bits per heavy atom. The lowest BCUT2D eigenvalue weighted by Crippen LogP contribution is -1.92. The number of hydrogen-bond acceptors (Lipinski definition) is 2. The number of benzene rings is 1. The molecule has 0 saturated heterocycles. The fourth-order valence-electron chi connectivity index (χ4n) is 1.32. The van der Waals surface area contributed by atoms with Gasteiger partial charge in [0.25, 0.3) is 0 Å². The second-order valence-electron chi connectivity index (χ2n) is 3.29. The van der Waals surface area contributed by atoms with Crippen molar-refractivity contribution in [3.63, 3.8) is 0 Å². The Morgan fingerprint density at radius 1 is 1.00 bits per heavy atom. The van der Waals surface area contributed by atoms with Gasteiger partial charge in [-0.05, 0) is 39.8 Å². The average molecular weight is 314 g/mol. The highest BCUT2D eigenvalue weighted by molar-refractivity contribution is 14.2. The highest BCUT2D eigenvalue weighted by Crippen LogP contribution is 2.19. The third-order valence-corrected chi connectivity index (χ3v) is 4.20. The fraction of sp³-hybridized carbons (Fsp3) is 0.0833. The van der Waals surface area contributed by atoms with E-state index in [9.17, 15) is 5.11 Å². The molecule has 0 unspecified atom stereocenters. The Kier molecular flexibility index (Phi) is 3.33. The average Bonchev–Trinajstić information content (AvgIpc) is 2.25. The first-order valence-corrected chi connectivity index (χ1v) is 6.91. The lowest BCUT2D eigenvalue weighted by molar-refractivity contribution is 0.475. The molecule has 1 aliphatic heterocycles. The van der Waals surface area contributed by atoms with Crippen LogP contribution in [-0.4, -0.2) is 13.9 Å². The molecule has 0 saturated carbocycles. The summed E-state index contributed by atoms with van der Waals surface area (Å²) >= 11 is -0.319. The number of rotatable bonds is 2. The van der Waals surface area contributed by atoms with Crippen LogP contribution in [0.3, 0.4) is 0 Å². The molecule has 0 fully saturated rings. The van der Waals surface area contributed by atoms with Gasteiger partial charge in [-0.3, -0.25) is 0 Å². The zero-order chi connectivity index (χ0) is 10.7. The van der Waals surface area contributed by atoms with E-state index in [1.165, 1.54) is 11.1 Å². The SMILES string of the molecule is OC1=IC=C(Cc2ccc(O)cc2)C=C1. The lowest BCUT2D eigenvalue weighted by Gasteiger charge is -2.05. The van der Waals surface area contributed by atoms with Crippen LogP contribution in [0.4, 0.5) is 0 Å². The highest BCUT2D eigenvalue weighted by atomic mass is 127. The molecule has 2 N–H and O–H groups in total. The number of aromatic hydroxyl groups is 1. The van der Waals surface area contributed by atoms with Crippen molar-refractivity contribution in [2.45, 2.75) is 6.42 Å². The van der Waals surface area contributed by atoms with Crippen molar-refractivity contribution in [3.05, 3.63) is 51.6 Å². The maximum atomic E-state index is 9.23. The summed E-state index contributed by atoms with van der Waals surface area (Å²) in [5.74, 6) is 0.297. The van der Waals surface area contributed by atoms with Crippen LogP contribution in [0.2, 0.25) is 0 Å². The van der Waals surface area contributed by atoms with Crippen LogP contribution >= 0.6 is 20.7 Å². The fourth-order valence-corrected chi connectivity index (χ4v) is 2.86. The lowest BCUT2D eigenvalue weighted by atomic mass is 10.1. The van der Waals surface area contributed by atoms with Gasteiger partial charge in [-0.25, -0.2) is 0 Å². The first-order valence-electron chi connectivity index (χ1n) is 4.58. The zero-order valence-electron chi connectivity index (χ0n) is 8.02. The number of hydrogen-bond donors (Lipinski definition) is 2. The predicted molar refractivity (Wildman–Crippen MR) is 70.0 cm³/mol. The van der Waals surface area contributed by atoms with E-state index in [1.54, 1.807) is 18.2 Å². The van der Waals surface area contributed by atoms with Crippen LogP contribution in [0, 0.1) is 0 Å². The molecule has 2 nitrogen and oxygen atoms in total. The number of phenolic OH excluding ortho intramolecular Hbond substituents is 1. The van der Waals surface area contributed by atoms with Crippen molar-refractivity contribution in [2.75, 3.05) is 0 Å². The molecule has 2 rings (SSSR count). The monoisotopic (exact) mass is 314 g/mol. The van der Waals surface area contributed by atoms with Gasteiger partial charge in [-0.15, -0.1) is 0 Å². The summed E-state index contributed by atoms with van der Waals surface area (Å²) < 4.78 is 2.64. The van der Waals surface area contributed by atoms with Crippen LogP contribution < -0.4 is 0 Å². The van der Waals surface area contributed by atoms with Gasteiger partial charge >= 0.3 is 0 Å². The van der Waals surface area contributed by atoms with Gasteiger partial charge in [0.05, 0.1) is 0 Å². The van der Waals surface area contributed by atoms with Crippen LogP contribution in [0.1, 0.15) is 5.56 Å². The topological polar surface area (TPSA) is 40.5 Å². The molecule has 0 aliphatic carbocycles. The van der Waals surface area contributed by atoms with Gasteiger partial charge in [0.2, 0.25) is 0 Å². The van der Waals surface area contributed by atoms with Crippen molar-refractivity contribution < 1.29 is 10.2 Å². The van der Waals surface area contributed by atoms with E-state index < -0.39 is 0 Å². The largest absolute Gasteiger partial charge is 0.508 e. The molecule has 78 valence electrons. The number of allylic oxidation sites excluding steroid dienone is 2.